The number of carbonyl (C=O) groups is 1. The average Bonchev–Trinajstić information content (AvgIpc) is 3.20. The number of carbonyl (C=O) groups excluding carboxylic acids is 1. The molecule has 110 valence electrons. The third-order valence-electron chi connectivity index (χ3n) is 4.49. The molecule has 2 heterocycles. The van der Waals surface area contributed by atoms with Crippen LogP contribution in [0.15, 0.2) is 12.3 Å². The molecule has 1 aromatic rings. The van der Waals surface area contributed by atoms with Crippen LogP contribution in [0, 0.1) is 0 Å². The Morgan fingerprint density at radius 1 is 1.40 bits per heavy atom. The first-order chi connectivity index (χ1) is 9.60. The van der Waals surface area contributed by atoms with Gasteiger partial charge in [-0.25, -0.2) is 0 Å². The average molecular weight is 276 g/mol. The molecule has 1 unspecified atom stereocenters. The van der Waals surface area contributed by atoms with E-state index < -0.39 is 0 Å². The quantitative estimate of drug-likeness (QED) is 0.912. The molecule has 1 aliphatic heterocycles. The molecule has 0 spiro atoms. The third kappa shape index (κ3) is 2.42. The molecule has 2 N–H and O–H groups in total. The fourth-order valence-corrected chi connectivity index (χ4v) is 3.14. The van der Waals surface area contributed by atoms with Crippen molar-refractivity contribution in [2.24, 2.45) is 0 Å². The molecule has 1 saturated heterocycles. The lowest BCUT2D eigenvalue weighted by Gasteiger charge is -2.39. The molecule has 1 aromatic heterocycles. The normalized spacial score (nSPS) is 24.1. The Labute approximate surface area is 120 Å². The summed E-state index contributed by atoms with van der Waals surface area (Å²) in [5, 5.41) is 0. The van der Waals surface area contributed by atoms with Crippen molar-refractivity contribution in [1.82, 2.24) is 14.4 Å². The summed E-state index contributed by atoms with van der Waals surface area (Å²) in [5.41, 5.74) is 7.34. The zero-order valence-corrected chi connectivity index (χ0v) is 12.4. The van der Waals surface area contributed by atoms with Crippen molar-refractivity contribution >= 4 is 11.6 Å². The summed E-state index contributed by atoms with van der Waals surface area (Å²) in [7, 11) is 0. The largest absolute Gasteiger partial charge is 0.397 e. The van der Waals surface area contributed by atoms with Gasteiger partial charge in [0.1, 0.15) is 5.69 Å². The summed E-state index contributed by atoms with van der Waals surface area (Å²) in [6, 6.07) is 2.75. The second-order valence-corrected chi connectivity index (χ2v) is 6.03. The van der Waals surface area contributed by atoms with Crippen LogP contribution >= 0.6 is 0 Å². The Morgan fingerprint density at radius 2 is 2.15 bits per heavy atom. The molecular formula is C15H24N4O. The first kappa shape index (κ1) is 13.5. The van der Waals surface area contributed by atoms with E-state index in [0.717, 1.165) is 44.7 Å². The van der Waals surface area contributed by atoms with Gasteiger partial charge in [-0.3, -0.25) is 9.69 Å². The van der Waals surface area contributed by atoms with Crippen molar-refractivity contribution in [3.05, 3.63) is 18.0 Å². The van der Waals surface area contributed by atoms with Crippen LogP contribution in [0.25, 0.3) is 0 Å². The standard InChI is InChI=1S/C15H24N4O/c1-3-17-6-7-18(9-11(17)2)15(20)14-8-12(16)10-19(14)13-4-5-13/h8,10-11,13H,3-7,9,16H2,1-2H3. The van der Waals surface area contributed by atoms with E-state index in [1.165, 1.54) is 0 Å². The molecule has 0 bridgehead atoms. The molecule has 1 amide bonds. The lowest BCUT2D eigenvalue weighted by molar-refractivity contribution is 0.0518. The van der Waals surface area contributed by atoms with Gasteiger partial charge in [-0.15, -0.1) is 0 Å². The lowest BCUT2D eigenvalue weighted by Crippen LogP contribution is -2.53. The summed E-state index contributed by atoms with van der Waals surface area (Å²) in [5.74, 6) is 0.135. The van der Waals surface area contributed by atoms with Crippen molar-refractivity contribution in [3.8, 4) is 0 Å². The fraction of sp³-hybridized carbons (Fsp3) is 0.667. The Bertz CT molecular complexity index is 506. The van der Waals surface area contributed by atoms with E-state index in [0.29, 0.717) is 17.8 Å². The Hall–Kier alpha value is -1.49. The van der Waals surface area contributed by atoms with Gasteiger partial charge in [0.2, 0.25) is 0 Å². The minimum absolute atomic E-state index is 0.135. The minimum atomic E-state index is 0.135. The van der Waals surface area contributed by atoms with Crippen LogP contribution in [0.4, 0.5) is 5.69 Å². The van der Waals surface area contributed by atoms with E-state index in [4.69, 9.17) is 5.73 Å². The van der Waals surface area contributed by atoms with Gasteiger partial charge >= 0.3 is 0 Å². The highest BCUT2D eigenvalue weighted by molar-refractivity contribution is 5.94. The molecule has 0 aromatic carbocycles. The van der Waals surface area contributed by atoms with E-state index in [-0.39, 0.29) is 5.91 Å². The van der Waals surface area contributed by atoms with Gasteiger partial charge in [-0.2, -0.15) is 0 Å². The van der Waals surface area contributed by atoms with Crippen molar-refractivity contribution in [1.29, 1.82) is 0 Å². The molecule has 0 radical (unpaired) electrons. The summed E-state index contributed by atoms with van der Waals surface area (Å²) < 4.78 is 2.08. The van der Waals surface area contributed by atoms with E-state index in [1.54, 1.807) is 0 Å². The molecule has 2 fully saturated rings. The van der Waals surface area contributed by atoms with Crippen LogP contribution in [0.3, 0.4) is 0 Å². The van der Waals surface area contributed by atoms with Crippen LogP contribution in [0.1, 0.15) is 43.2 Å². The zero-order chi connectivity index (χ0) is 14.3. The minimum Gasteiger partial charge on any atom is -0.397 e. The summed E-state index contributed by atoms with van der Waals surface area (Å²) in [6.45, 7) is 8.00. The van der Waals surface area contributed by atoms with Gasteiger partial charge in [0, 0.05) is 37.9 Å². The number of hydrogen-bond acceptors (Lipinski definition) is 3. The molecule has 1 saturated carbocycles. The molecule has 1 atom stereocenters. The number of rotatable bonds is 3. The highest BCUT2D eigenvalue weighted by Gasteiger charge is 2.31. The van der Waals surface area contributed by atoms with Gasteiger partial charge in [-0.05, 0) is 32.4 Å². The van der Waals surface area contributed by atoms with Gasteiger partial charge in [-0.1, -0.05) is 6.92 Å². The highest BCUT2D eigenvalue weighted by atomic mass is 16.2. The summed E-state index contributed by atoms with van der Waals surface area (Å²) in [6.07, 6.45) is 4.24. The van der Waals surface area contributed by atoms with Crippen LogP contribution in [0.5, 0.6) is 0 Å². The number of hydrogen-bond donors (Lipinski definition) is 1. The molecule has 2 aliphatic rings. The predicted molar refractivity (Wildman–Crippen MR) is 79.7 cm³/mol. The number of likely N-dealkylation sites (N-methyl/N-ethyl adjacent to an activating group) is 1. The first-order valence-electron chi connectivity index (χ1n) is 7.60. The van der Waals surface area contributed by atoms with Gasteiger partial charge in [0.25, 0.3) is 5.91 Å². The van der Waals surface area contributed by atoms with Crippen LogP contribution in [-0.2, 0) is 0 Å². The number of aromatic nitrogens is 1. The van der Waals surface area contributed by atoms with Gasteiger partial charge in [0.15, 0.2) is 0 Å². The zero-order valence-electron chi connectivity index (χ0n) is 12.4. The topological polar surface area (TPSA) is 54.5 Å². The monoisotopic (exact) mass is 276 g/mol. The van der Waals surface area contributed by atoms with Gasteiger partial charge < -0.3 is 15.2 Å². The number of nitrogens with zero attached hydrogens (tertiary/aromatic N) is 3. The fourth-order valence-electron chi connectivity index (χ4n) is 3.14. The molecule has 20 heavy (non-hydrogen) atoms. The second-order valence-electron chi connectivity index (χ2n) is 6.03. The number of piperazine rings is 1. The Kier molecular flexibility index (Phi) is 3.46. The molecule has 5 heteroatoms. The van der Waals surface area contributed by atoms with Crippen molar-refractivity contribution in [3.63, 3.8) is 0 Å². The van der Waals surface area contributed by atoms with Gasteiger partial charge in [0.05, 0.1) is 5.69 Å². The maximum absolute atomic E-state index is 12.7. The van der Waals surface area contributed by atoms with Crippen molar-refractivity contribution in [2.75, 3.05) is 31.9 Å². The maximum atomic E-state index is 12.7. The molecular weight excluding hydrogens is 252 g/mol. The van der Waals surface area contributed by atoms with E-state index in [1.807, 2.05) is 17.2 Å². The molecule has 1 aliphatic carbocycles. The first-order valence-corrected chi connectivity index (χ1v) is 7.60. The Morgan fingerprint density at radius 3 is 2.75 bits per heavy atom. The smallest absolute Gasteiger partial charge is 0.270 e. The third-order valence-corrected chi connectivity index (χ3v) is 4.49. The van der Waals surface area contributed by atoms with E-state index in [2.05, 4.69) is 23.3 Å². The van der Waals surface area contributed by atoms with Crippen molar-refractivity contribution < 1.29 is 4.79 Å². The van der Waals surface area contributed by atoms with Crippen LogP contribution in [0.2, 0.25) is 0 Å². The predicted octanol–water partition coefficient (Wildman–Crippen LogP) is 1.57. The Balaban J connectivity index is 1.76. The number of nitrogen functional groups attached to an aromatic ring is 1. The van der Waals surface area contributed by atoms with E-state index >= 15 is 0 Å². The summed E-state index contributed by atoms with van der Waals surface area (Å²) >= 11 is 0. The van der Waals surface area contributed by atoms with E-state index in [9.17, 15) is 4.79 Å². The molecule has 5 nitrogen and oxygen atoms in total. The summed E-state index contributed by atoms with van der Waals surface area (Å²) in [4.78, 5) is 17.1. The second kappa shape index (κ2) is 5.13. The highest BCUT2D eigenvalue weighted by Crippen LogP contribution is 2.37. The van der Waals surface area contributed by atoms with Crippen LogP contribution in [-0.4, -0.2) is 52.5 Å². The SMILES string of the molecule is CCN1CCN(C(=O)c2cc(N)cn2C2CC2)CC1C. The molecule has 3 rings (SSSR count). The van der Waals surface area contributed by atoms with Crippen LogP contribution < -0.4 is 5.73 Å². The number of anilines is 1. The number of amides is 1. The maximum Gasteiger partial charge on any atom is 0.270 e. The lowest BCUT2D eigenvalue weighted by atomic mass is 10.2. The number of nitrogens with two attached hydrogens (primary N) is 1. The van der Waals surface area contributed by atoms with Crippen molar-refractivity contribution in [2.45, 2.75) is 38.8 Å².